The highest BCUT2D eigenvalue weighted by molar-refractivity contribution is 6.00. The fourth-order valence-electron chi connectivity index (χ4n) is 0.970. The van der Waals surface area contributed by atoms with Gasteiger partial charge in [0, 0.05) is 5.92 Å². The summed E-state index contributed by atoms with van der Waals surface area (Å²) in [5, 5.41) is 0. The Morgan fingerprint density at radius 3 is 2.00 bits per heavy atom. The molecule has 0 aliphatic rings. The Morgan fingerprint density at radius 2 is 1.73 bits per heavy atom. The van der Waals surface area contributed by atoms with E-state index in [-0.39, 0.29) is 6.61 Å². The van der Waals surface area contributed by atoms with Gasteiger partial charge < -0.3 is 4.74 Å². The van der Waals surface area contributed by atoms with E-state index in [4.69, 9.17) is 0 Å². The molecule has 0 rings (SSSR count). The molecule has 88 valence electrons. The van der Waals surface area contributed by atoms with Gasteiger partial charge in [0.2, 0.25) is 5.92 Å². The summed E-state index contributed by atoms with van der Waals surface area (Å²) in [5.41, 5.74) is 0. The van der Waals surface area contributed by atoms with Crippen LogP contribution in [-0.2, 0) is 14.3 Å². The quantitative estimate of drug-likeness (QED) is 0.543. The molecule has 0 aromatic rings. The van der Waals surface area contributed by atoms with E-state index >= 15 is 0 Å². The van der Waals surface area contributed by atoms with Gasteiger partial charge in [-0.15, -0.1) is 0 Å². The van der Waals surface area contributed by atoms with Crippen LogP contribution in [0.2, 0.25) is 0 Å². The lowest BCUT2D eigenvalue weighted by Gasteiger charge is -2.18. The van der Waals surface area contributed by atoms with Crippen LogP contribution in [0.3, 0.4) is 0 Å². The highest BCUT2D eigenvalue weighted by atomic mass is 19.4. The van der Waals surface area contributed by atoms with Crippen molar-refractivity contribution >= 4 is 11.8 Å². The van der Waals surface area contributed by atoms with E-state index in [0.717, 1.165) is 0 Å². The van der Waals surface area contributed by atoms with E-state index < -0.39 is 29.8 Å². The molecule has 0 amide bonds. The van der Waals surface area contributed by atoms with Gasteiger partial charge >= 0.3 is 12.1 Å². The second-order valence-electron chi connectivity index (χ2n) is 3.28. The molecule has 0 aromatic carbocycles. The van der Waals surface area contributed by atoms with Crippen LogP contribution in [0.15, 0.2) is 0 Å². The number of hydrogen-bond donors (Lipinski definition) is 0. The number of alkyl halides is 3. The lowest BCUT2D eigenvalue weighted by atomic mass is 9.95. The van der Waals surface area contributed by atoms with Crippen molar-refractivity contribution in [3.8, 4) is 0 Å². The molecular weight excluding hydrogens is 213 g/mol. The van der Waals surface area contributed by atoms with Crippen molar-refractivity contribution in [2.75, 3.05) is 6.61 Å². The minimum Gasteiger partial charge on any atom is -0.465 e. The molecule has 0 aliphatic carbocycles. The van der Waals surface area contributed by atoms with Gasteiger partial charge in [-0.3, -0.25) is 9.59 Å². The number of halogens is 3. The molecule has 0 aromatic heterocycles. The van der Waals surface area contributed by atoms with Crippen molar-refractivity contribution in [1.29, 1.82) is 0 Å². The highest BCUT2D eigenvalue weighted by Crippen LogP contribution is 2.30. The fraction of sp³-hybridized carbons (Fsp3) is 0.778. The predicted molar refractivity (Wildman–Crippen MR) is 46.0 cm³/mol. The zero-order chi connectivity index (χ0) is 12.2. The van der Waals surface area contributed by atoms with Gasteiger partial charge in [-0.2, -0.15) is 13.2 Å². The van der Waals surface area contributed by atoms with Gasteiger partial charge in [-0.1, -0.05) is 13.8 Å². The standard InChI is InChI=1S/C9H13F3O3/c1-4-15-8(14)6(9(10,11)12)7(13)5(2)3/h5-6H,4H2,1-3H3. The molecule has 0 saturated carbocycles. The molecule has 1 atom stereocenters. The van der Waals surface area contributed by atoms with Crippen LogP contribution in [0.25, 0.3) is 0 Å². The SMILES string of the molecule is CCOC(=O)C(C(=O)C(C)C)C(F)(F)F. The van der Waals surface area contributed by atoms with Crippen LogP contribution in [0.4, 0.5) is 13.2 Å². The van der Waals surface area contributed by atoms with Crippen molar-refractivity contribution in [3.05, 3.63) is 0 Å². The van der Waals surface area contributed by atoms with E-state index in [1.165, 1.54) is 20.8 Å². The number of ketones is 1. The smallest absolute Gasteiger partial charge is 0.409 e. The Hall–Kier alpha value is -1.07. The van der Waals surface area contributed by atoms with E-state index in [9.17, 15) is 22.8 Å². The lowest BCUT2D eigenvalue weighted by Crippen LogP contribution is -2.40. The van der Waals surface area contributed by atoms with Crippen molar-refractivity contribution < 1.29 is 27.5 Å². The Morgan fingerprint density at radius 1 is 1.27 bits per heavy atom. The van der Waals surface area contributed by atoms with Crippen LogP contribution in [0, 0.1) is 11.8 Å². The van der Waals surface area contributed by atoms with Gasteiger partial charge in [0.15, 0.2) is 5.78 Å². The number of hydrogen-bond acceptors (Lipinski definition) is 3. The molecule has 0 radical (unpaired) electrons. The van der Waals surface area contributed by atoms with Crippen LogP contribution >= 0.6 is 0 Å². The number of Topliss-reactive ketones (excluding diaryl/α,β-unsaturated/α-hetero) is 1. The lowest BCUT2D eigenvalue weighted by molar-refractivity contribution is -0.199. The third kappa shape index (κ3) is 3.89. The zero-order valence-electron chi connectivity index (χ0n) is 8.72. The molecule has 0 aliphatic heterocycles. The van der Waals surface area contributed by atoms with Gasteiger partial charge in [0.1, 0.15) is 0 Å². The Kier molecular flexibility index (Phi) is 4.77. The number of carbonyl (C=O) groups is 2. The monoisotopic (exact) mass is 226 g/mol. The topological polar surface area (TPSA) is 43.4 Å². The molecule has 0 fully saturated rings. The maximum Gasteiger partial charge on any atom is 0.409 e. The molecule has 0 saturated heterocycles. The first-order valence-electron chi connectivity index (χ1n) is 4.48. The molecule has 0 N–H and O–H groups in total. The van der Waals surface area contributed by atoms with Gasteiger partial charge in [-0.25, -0.2) is 0 Å². The van der Waals surface area contributed by atoms with E-state index in [1.807, 2.05) is 0 Å². The summed E-state index contributed by atoms with van der Waals surface area (Å²) in [6, 6.07) is 0. The molecule has 0 heterocycles. The maximum atomic E-state index is 12.4. The average molecular weight is 226 g/mol. The van der Waals surface area contributed by atoms with Gasteiger partial charge in [0.05, 0.1) is 6.61 Å². The van der Waals surface area contributed by atoms with Crippen LogP contribution < -0.4 is 0 Å². The molecule has 6 heteroatoms. The number of carbonyl (C=O) groups excluding carboxylic acids is 2. The molecule has 1 unspecified atom stereocenters. The molecule has 3 nitrogen and oxygen atoms in total. The Balaban J connectivity index is 4.91. The van der Waals surface area contributed by atoms with Crippen LogP contribution in [0.1, 0.15) is 20.8 Å². The first-order valence-corrected chi connectivity index (χ1v) is 4.48. The summed E-state index contributed by atoms with van der Waals surface area (Å²) in [6.45, 7) is 3.81. The van der Waals surface area contributed by atoms with Crippen LogP contribution in [-0.4, -0.2) is 24.5 Å². The molecule has 0 bridgehead atoms. The van der Waals surface area contributed by atoms with Crippen molar-refractivity contribution in [2.45, 2.75) is 26.9 Å². The number of rotatable bonds is 4. The second-order valence-corrected chi connectivity index (χ2v) is 3.28. The third-order valence-corrected chi connectivity index (χ3v) is 1.70. The number of ether oxygens (including phenoxy) is 1. The molecule has 0 spiro atoms. The largest absolute Gasteiger partial charge is 0.465 e. The van der Waals surface area contributed by atoms with E-state index in [2.05, 4.69) is 4.74 Å². The van der Waals surface area contributed by atoms with Crippen molar-refractivity contribution in [1.82, 2.24) is 0 Å². The average Bonchev–Trinajstić information content (AvgIpc) is 2.01. The van der Waals surface area contributed by atoms with E-state index in [0.29, 0.717) is 0 Å². The third-order valence-electron chi connectivity index (χ3n) is 1.70. The van der Waals surface area contributed by atoms with Crippen molar-refractivity contribution in [3.63, 3.8) is 0 Å². The number of esters is 1. The Labute approximate surface area is 85.6 Å². The zero-order valence-corrected chi connectivity index (χ0v) is 8.72. The molecular formula is C9H13F3O3. The van der Waals surface area contributed by atoms with Gasteiger partial charge in [0.25, 0.3) is 0 Å². The second kappa shape index (κ2) is 5.14. The normalized spacial score (nSPS) is 13.8. The molecule has 15 heavy (non-hydrogen) atoms. The summed E-state index contributed by atoms with van der Waals surface area (Å²) >= 11 is 0. The predicted octanol–water partition coefficient (Wildman–Crippen LogP) is 1.95. The highest BCUT2D eigenvalue weighted by Gasteiger charge is 2.51. The minimum atomic E-state index is -4.88. The first kappa shape index (κ1) is 13.9. The first-order chi connectivity index (χ1) is 6.71. The Bertz CT molecular complexity index is 245. The summed E-state index contributed by atoms with van der Waals surface area (Å²) in [7, 11) is 0. The summed E-state index contributed by atoms with van der Waals surface area (Å²) in [5.74, 6) is -6.21. The summed E-state index contributed by atoms with van der Waals surface area (Å²) < 4.78 is 41.4. The fourth-order valence-corrected chi connectivity index (χ4v) is 0.970. The summed E-state index contributed by atoms with van der Waals surface area (Å²) in [6.07, 6.45) is -4.88. The van der Waals surface area contributed by atoms with Gasteiger partial charge in [-0.05, 0) is 6.92 Å². The van der Waals surface area contributed by atoms with Crippen LogP contribution in [0.5, 0.6) is 0 Å². The maximum absolute atomic E-state index is 12.4. The van der Waals surface area contributed by atoms with E-state index in [1.54, 1.807) is 0 Å². The summed E-state index contributed by atoms with van der Waals surface area (Å²) in [4.78, 5) is 22.2. The van der Waals surface area contributed by atoms with Crippen molar-refractivity contribution in [2.24, 2.45) is 11.8 Å². The minimum absolute atomic E-state index is 0.184.